The predicted octanol–water partition coefficient (Wildman–Crippen LogP) is 4.93. The number of benzene rings is 3. The monoisotopic (exact) mass is 393 g/mol. The van der Waals surface area contributed by atoms with E-state index in [1.54, 1.807) is 23.9 Å². The van der Waals surface area contributed by atoms with Gasteiger partial charge >= 0.3 is 0 Å². The number of rotatable bonds is 5. The molecule has 0 saturated carbocycles. The van der Waals surface area contributed by atoms with Crippen LogP contribution in [0.5, 0.6) is 0 Å². The van der Waals surface area contributed by atoms with Crippen molar-refractivity contribution in [2.75, 3.05) is 0 Å². The maximum absolute atomic E-state index is 12.7. The second kappa shape index (κ2) is 7.94. The van der Waals surface area contributed by atoms with Crippen molar-refractivity contribution in [3.8, 4) is 0 Å². The third-order valence-corrected chi connectivity index (χ3v) is 5.79. The first-order chi connectivity index (χ1) is 13.2. The van der Waals surface area contributed by atoms with Crippen LogP contribution in [0.15, 0.2) is 83.7 Å². The molecule has 0 amide bonds. The van der Waals surface area contributed by atoms with Crippen LogP contribution in [-0.2, 0) is 5.88 Å². The van der Waals surface area contributed by atoms with Crippen molar-refractivity contribution in [3.05, 3.63) is 105 Å². The molecular formula is C21H16ClN3OS. The van der Waals surface area contributed by atoms with E-state index in [9.17, 15) is 4.79 Å². The largest absolute Gasteiger partial charge is 0.278 e. The predicted molar refractivity (Wildman–Crippen MR) is 111 cm³/mol. The Balaban J connectivity index is 1.66. The molecule has 134 valence electrons. The van der Waals surface area contributed by atoms with Crippen LogP contribution in [-0.4, -0.2) is 15.0 Å². The second-order valence-corrected chi connectivity index (χ2v) is 7.55. The fourth-order valence-electron chi connectivity index (χ4n) is 2.90. The van der Waals surface area contributed by atoms with Crippen molar-refractivity contribution in [2.24, 2.45) is 0 Å². The number of fused-ring (bicyclic) bond motifs is 1. The van der Waals surface area contributed by atoms with Gasteiger partial charge in [-0.1, -0.05) is 71.4 Å². The highest BCUT2D eigenvalue weighted by Gasteiger charge is 2.16. The maximum atomic E-state index is 12.7. The van der Waals surface area contributed by atoms with Gasteiger partial charge in [0.25, 0.3) is 5.56 Å². The third kappa shape index (κ3) is 3.89. The van der Waals surface area contributed by atoms with E-state index in [-0.39, 0.29) is 10.8 Å². The van der Waals surface area contributed by atoms with Crippen molar-refractivity contribution < 1.29 is 0 Å². The van der Waals surface area contributed by atoms with E-state index < -0.39 is 0 Å². The highest BCUT2D eigenvalue weighted by atomic mass is 35.5. The van der Waals surface area contributed by atoms with E-state index in [4.69, 9.17) is 11.6 Å². The molecule has 1 aromatic heterocycles. The summed E-state index contributed by atoms with van der Waals surface area (Å²) in [7, 11) is 0. The molecule has 4 nitrogen and oxygen atoms in total. The Morgan fingerprint density at radius 3 is 2.33 bits per heavy atom. The maximum Gasteiger partial charge on any atom is 0.278 e. The molecule has 4 rings (SSSR count). The van der Waals surface area contributed by atoms with Crippen LogP contribution in [0.3, 0.4) is 0 Å². The summed E-state index contributed by atoms with van der Waals surface area (Å²) in [5.74, 6) is 0.402. The minimum Gasteiger partial charge on any atom is -0.267 e. The Morgan fingerprint density at radius 1 is 0.889 bits per heavy atom. The lowest BCUT2D eigenvalue weighted by molar-refractivity contribution is 0.644. The first-order valence-corrected chi connectivity index (χ1v) is 9.89. The first-order valence-electron chi connectivity index (χ1n) is 8.47. The Hall–Kier alpha value is -2.63. The van der Waals surface area contributed by atoms with Gasteiger partial charge in [-0.2, -0.15) is 0 Å². The zero-order valence-corrected chi connectivity index (χ0v) is 15.9. The molecule has 0 aliphatic carbocycles. The molecule has 3 aromatic carbocycles. The summed E-state index contributed by atoms with van der Waals surface area (Å²) in [4.78, 5) is 12.7. The summed E-state index contributed by atoms with van der Waals surface area (Å²) < 4.78 is 1.42. The molecular weight excluding hydrogens is 378 g/mol. The third-order valence-electron chi connectivity index (χ3n) is 4.27. The Kier molecular flexibility index (Phi) is 5.23. The molecule has 1 atom stereocenters. The number of hydrogen-bond donors (Lipinski definition) is 0. The summed E-state index contributed by atoms with van der Waals surface area (Å²) in [6, 6.07) is 25.2. The average molecular weight is 394 g/mol. The molecule has 0 aliphatic rings. The van der Waals surface area contributed by atoms with E-state index in [1.807, 2.05) is 54.6 Å². The minimum atomic E-state index is -0.129. The Morgan fingerprint density at radius 2 is 1.56 bits per heavy atom. The van der Waals surface area contributed by atoms with Crippen molar-refractivity contribution >= 4 is 34.3 Å². The minimum absolute atomic E-state index is 0.0589. The number of hydrogen-bond acceptors (Lipinski definition) is 4. The van der Waals surface area contributed by atoms with E-state index in [2.05, 4.69) is 22.4 Å². The van der Waals surface area contributed by atoms with Crippen LogP contribution >= 0.6 is 23.4 Å². The number of aromatic nitrogens is 3. The molecule has 0 radical (unpaired) electrons. The van der Waals surface area contributed by atoms with E-state index >= 15 is 0 Å². The zero-order chi connectivity index (χ0) is 18.6. The topological polar surface area (TPSA) is 47.8 Å². The zero-order valence-electron chi connectivity index (χ0n) is 14.3. The van der Waals surface area contributed by atoms with Crippen molar-refractivity contribution in [1.82, 2.24) is 15.0 Å². The average Bonchev–Trinajstić information content (AvgIpc) is 2.72. The van der Waals surface area contributed by atoms with Gasteiger partial charge in [-0.15, -0.1) is 16.9 Å². The molecule has 1 heterocycles. The van der Waals surface area contributed by atoms with Crippen LogP contribution in [0.2, 0.25) is 5.02 Å². The van der Waals surface area contributed by atoms with E-state index in [0.29, 0.717) is 21.8 Å². The number of nitrogens with zero attached hydrogens (tertiary/aromatic N) is 3. The lowest BCUT2D eigenvalue weighted by Crippen LogP contribution is -2.23. The van der Waals surface area contributed by atoms with Crippen molar-refractivity contribution in [3.63, 3.8) is 0 Å². The molecule has 6 heteroatoms. The summed E-state index contributed by atoms with van der Waals surface area (Å²) in [6.07, 6.45) is 0. The molecule has 4 aromatic rings. The molecule has 0 bridgehead atoms. The quantitative estimate of drug-likeness (QED) is 0.482. The molecule has 0 saturated heterocycles. The van der Waals surface area contributed by atoms with Gasteiger partial charge in [-0.25, -0.2) is 4.68 Å². The number of halogens is 1. The van der Waals surface area contributed by atoms with Gasteiger partial charge in [0.2, 0.25) is 0 Å². The summed E-state index contributed by atoms with van der Waals surface area (Å²) in [5, 5.41) is 9.59. The molecule has 0 spiro atoms. The van der Waals surface area contributed by atoms with Crippen molar-refractivity contribution in [2.45, 2.75) is 11.1 Å². The van der Waals surface area contributed by atoms with Gasteiger partial charge in [0.15, 0.2) is 0 Å². The Labute approximate surface area is 165 Å². The smallest absolute Gasteiger partial charge is 0.267 e. The van der Waals surface area contributed by atoms with Crippen LogP contribution in [0.1, 0.15) is 16.4 Å². The highest BCUT2D eigenvalue weighted by Crippen LogP contribution is 2.36. The summed E-state index contributed by atoms with van der Waals surface area (Å²) in [6.45, 7) is 0. The standard InChI is InChI=1S/C21H16ClN3OS/c22-17-12-10-16(11-13-17)20(15-6-2-1-3-7-15)27-14-25-21(26)18-8-4-5-9-19(18)23-24-25/h1-13,20H,14H2/t20-/m0/s1. The normalized spacial score (nSPS) is 12.2. The lowest BCUT2D eigenvalue weighted by atomic mass is 10.0. The van der Waals surface area contributed by atoms with Gasteiger partial charge in [-0.05, 0) is 35.4 Å². The van der Waals surface area contributed by atoms with Crippen LogP contribution in [0.25, 0.3) is 10.9 Å². The molecule has 0 aliphatic heterocycles. The first kappa shape index (κ1) is 17.8. The van der Waals surface area contributed by atoms with Crippen LogP contribution in [0, 0.1) is 0 Å². The van der Waals surface area contributed by atoms with Gasteiger partial charge < -0.3 is 0 Å². The summed E-state index contributed by atoms with van der Waals surface area (Å²) >= 11 is 7.67. The molecule has 0 fully saturated rings. The van der Waals surface area contributed by atoms with Gasteiger partial charge in [0.05, 0.1) is 16.5 Å². The van der Waals surface area contributed by atoms with Crippen molar-refractivity contribution in [1.29, 1.82) is 0 Å². The van der Waals surface area contributed by atoms with Gasteiger partial charge in [0, 0.05) is 5.02 Å². The highest BCUT2D eigenvalue weighted by molar-refractivity contribution is 7.98. The fourth-order valence-corrected chi connectivity index (χ4v) is 4.19. The van der Waals surface area contributed by atoms with Crippen LogP contribution in [0.4, 0.5) is 0 Å². The second-order valence-electron chi connectivity index (χ2n) is 6.05. The van der Waals surface area contributed by atoms with E-state index in [1.165, 1.54) is 4.68 Å². The van der Waals surface area contributed by atoms with E-state index in [0.717, 1.165) is 11.1 Å². The van der Waals surface area contributed by atoms with Gasteiger partial charge in [0.1, 0.15) is 5.52 Å². The molecule has 0 unspecified atom stereocenters. The fraction of sp³-hybridized carbons (Fsp3) is 0.0952. The summed E-state index contributed by atoms with van der Waals surface area (Å²) in [5.41, 5.74) is 2.76. The number of thioether (sulfide) groups is 1. The lowest BCUT2D eigenvalue weighted by Gasteiger charge is -2.18. The van der Waals surface area contributed by atoms with Crippen LogP contribution < -0.4 is 5.56 Å². The molecule has 27 heavy (non-hydrogen) atoms. The molecule has 0 N–H and O–H groups in total. The SMILES string of the molecule is O=c1c2ccccc2nnn1CS[C@@H](c1ccccc1)c1ccc(Cl)cc1. The Bertz CT molecular complexity index is 1110. The van der Waals surface area contributed by atoms with Gasteiger partial charge in [-0.3, -0.25) is 4.79 Å².